The molecule has 0 bridgehead atoms. The minimum Gasteiger partial charge on any atom is -0.466 e. The minimum atomic E-state index is -0.346. The van der Waals surface area contributed by atoms with Gasteiger partial charge in [0.15, 0.2) is 0 Å². The van der Waals surface area contributed by atoms with Gasteiger partial charge < -0.3 is 4.74 Å². The largest absolute Gasteiger partial charge is 0.466 e. The average Bonchev–Trinajstić information content (AvgIpc) is 2.55. The Morgan fingerprint density at radius 1 is 1.30 bits per heavy atom. The number of carbonyl (C=O) groups excluding carboxylic acids is 2. The Balaban J connectivity index is 1.89. The van der Waals surface area contributed by atoms with Crippen LogP contribution in [0.15, 0.2) is 41.5 Å². The number of nitrogens with one attached hydrogen (secondary N) is 1. The van der Waals surface area contributed by atoms with Crippen molar-refractivity contribution in [3.05, 3.63) is 47.0 Å². The number of rotatable bonds is 7. The summed E-state index contributed by atoms with van der Waals surface area (Å²) in [7, 11) is 0. The van der Waals surface area contributed by atoms with Crippen LogP contribution in [0.4, 0.5) is 0 Å². The molecule has 2 rings (SSSR count). The van der Waals surface area contributed by atoms with E-state index < -0.39 is 0 Å². The van der Waals surface area contributed by atoms with Gasteiger partial charge >= 0.3 is 5.97 Å². The normalized spacial score (nSPS) is 15.0. The van der Waals surface area contributed by atoms with Crippen LogP contribution in [-0.2, 0) is 20.7 Å². The second-order valence-corrected chi connectivity index (χ2v) is 5.59. The van der Waals surface area contributed by atoms with Gasteiger partial charge in [0.1, 0.15) is 0 Å². The molecular weight excluding hydrogens is 292 g/mol. The maximum absolute atomic E-state index is 12.5. The molecule has 1 aromatic carbocycles. The lowest BCUT2D eigenvalue weighted by molar-refractivity contribution is -0.144. The molecule has 0 aromatic heterocycles. The quantitative estimate of drug-likeness (QED) is 0.784. The predicted octanol–water partition coefficient (Wildman–Crippen LogP) is 2.24. The van der Waals surface area contributed by atoms with Crippen LogP contribution in [-0.4, -0.2) is 36.6 Å². The van der Waals surface area contributed by atoms with E-state index in [9.17, 15) is 9.59 Å². The van der Waals surface area contributed by atoms with E-state index in [0.717, 1.165) is 18.4 Å². The van der Waals surface area contributed by atoms with Crippen LogP contribution in [0.2, 0.25) is 0 Å². The molecule has 0 fully saturated rings. The molecule has 1 aliphatic heterocycles. The van der Waals surface area contributed by atoms with Gasteiger partial charge in [-0.3, -0.25) is 14.6 Å². The van der Waals surface area contributed by atoms with Crippen molar-refractivity contribution in [3.63, 3.8) is 0 Å². The Hall–Kier alpha value is -2.14. The number of benzene rings is 1. The summed E-state index contributed by atoms with van der Waals surface area (Å²) in [5.41, 5.74) is 5.93. The van der Waals surface area contributed by atoms with E-state index in [-0.39, 0.29) is 18.3 Å². The van der Waals surface area contributed by atoms with Crippen LogP contribution < -0.4 is 5.43 Å². The first-order valence-electron chi connectivity index (χ1n) is 8.05. The fourth-order valence-electron chi connectivity index (χ4n) is 2.59. The van der Waals surface area contributed by atoms with E-state index in [1.807, 2.05) is 25.1 Å². The Bertz CT molecular complexity index is 581. The summed E-state index contributed by atoms with van der Waals surface area (Å²) in [4.78, 5) is 24.2. The molecule has 5 nitrogen and oxygen atoms in total. The Morgan fingerprint density at radius 3 is 2.74 bits per heavy atom. The SMILES string of the molecule is CCOC(=O)CC1=C(C)CCN(NCCc2ccccc2)C1=O. The summed E-state index contributed by atoms with van der Waals surface area (Å²) in [6, 6.07) is 10.1. The van der Waals surface area contributed by atoms with Crippen molar-refractivity contribution < 1.29 is 14.3 Å². The smallest absolute Gasteiger partial charge is 0.310 e. The highest BCUT2D eigenvalue weighted by Crippen LogP contribution is 2.21. The van der Waals surface area contributed by atoms with Crippen molar-refractivity contribution in [2.24, 2.45) is 0 Å². The number of hydrogen-bond acceptors (Lipinski definition) is 4. The lowest BCUT2D eigenvalue weighted by Crippen LogP contribution is -2.47. The van der Waals surface area contributed by atoms with E-state index in [4.69, 9.17) is 4.74 Å². The number of ether oxygens (including phenoxy) is 1. The first-order valence-corrected chi connectivity index (χ1v) is 8.05. The Labute approximate surface area is 137 Å². The molecule has 0 atom stereocenters. The standard InChI is InChI=1S/C18H24N2O3/c1-3-23-17(21)13-16-14(2)10-12-20(18(16)22)19-11-9-15-7-5-4-6-8-15/h4-8,19H,3,9-13H2,1-2H3. The van der Waals surface area contributed by atoms with Gasteiger partial charge in [0, 0.05) is 18.7 Å². The fourth-order valence-corrected chi connectivity index (χ4v) is 2.59. The Morgan fingerprint density at radius 2 is 2.04 bits per heavy atom. The number of esters is 1. The lowest BCUT2D eigenvalue weighted by Gasteiger charge is -2.29. The lowest BCUT2D eigenvalue weighted by atomic mass is 9.99. The number of hydrazine groups is 1. The maximum atomic E-state index is 12.5. The third-order valence-corrected chi connectivity index (χ3v) is 3.91. The van der Waals surface area contributed by atoms with Crippen molar-refractivity contribution in [1.29, 1.82) is 0 Å². The van der Waals surface area contributed by atoms with E-state index in [2.05, 4.69) is 17.6 Å². The second-order valence-electron chi connectivity index (χ2n) is 5.59. The molecule has 5 heteroatoms. The predicted molar refractivity (Wildman–Crippen MR) is 88.4 cm³/mol. The van der Waals surface area contributed by atoms with Crippen molar-refractivity contribution >= 4 is 11.9 Å². The third-order valence-electron chi connectivity index (χ3n) is 3.91. The summed E-state index contributed by atoms with van der Waals surface area (Å²) in [6.45, 7) is 5.32. The molecule has 1 amide bonds. The fraction of sp³-hybridized carbons (Fsp3) is 0.444. The second kappa shape index (κ2) is 8.48. The molecule has 23 heavy (non-hydrogen) atoms. The number of amides is 1. The van der Waals surface area contributed by atoms with Crippen LogP contribution in [0.3, 0.4) is 0 Å². The third kappa shape index (κ3) is 4.93. The van der Waals surface area contributed by atoms with Gasteiger partial charge in [0.2, 0.25) is 0 Å². The van der Waals surface area contributed by atoms with Gasteiger partial charge in [0.05, 0.1) is 13.0 Å². The molecule has 0 radical (unpaired) electrons. The van der Waals surface area contributed by atoms with Crippen LogP contribution in [0.1, 0.15) is 32.3 Å². The average molecular weight is 316 g/mol. The summed E-state index contributed by atoms with van der Waals surface area (Å²) in [6.07, 6.45) is 1.68. The van der Waals surface area contributed by atoms with Crippen LogP contribution >= 0.6 is 0 Å². The summed E-state index contributed by atoms with van der Waals surface area (Å²) < 4.78 is 4.95. The molecule has 0 saturated heterocycles. The van der Waals surface area contributed by atoms with E-state index >= 15 is 0 Å². The van der Waals surface area contributed by atoms with Crippen molar-refractivity contribution in [3.8, 4) is 0 Å². The first-order chi connectivity index (χ1) is 11.1. The van der Waals surface area contributed by atoms with E-state index in [0.29, 0.717) is 25.3 Å². The highest BCUT2D eigenvalue weighted by atomic mass is 16.5. The van der Waals surface area contributed by atoms with Gasteiger partial charge in [-0.1, -0.05) is 35.9 Å². The van der Waals surface area contributed by atoms with Gasteiger partial charge in [-0.05, 0) is 32.3 Å². The molecule has 1 heterocycles. The number of hydrogen-bond donors (Lipinski definition) is 1. The molecule has 0 aliphatic carbocycles. The monoisotopic (exact) mass is 316 g/mol. The van der Waals surface area contributed by atoms with Gasteiger partial charge in [-0.25, -0.2) is 5.43 Å². The van der Waals surface area contributed by atoms with Crippen molar-refractivity contribution in [1.82, 2.24) is 10.4 Å². The molecule has 0 spiro atoms. The zero-order valence-corrected chi connectivity index (χ0v) is 13.8. The van der Waals surface area contributed by atoms with Crippen LogP contribution in [0.5, 0.6) is 0 Å². The van der Waals surface area contributed by atoms with Crippen molar-refractivity contribution in [2.45, 2.75) is 33.1 Å². The summed E-state index contributed by atoms with van der Waals surface area (Å²) in [5, 5.41) is 1.62. The van der Waals surface area contributed by atoms with Crippen LogP contribution in [0.25, 0.3) is 0 Å². The van der Waals surface area contributed by atoms with Gasteiger partial charge in [-0.2, -0.15) is 0 Å². The minimum absolute atomic E-state index is 0.0510. The van der Waals surface area contributed by atoms with Crippen LogP contribution in [0, 0.1) is 0 Å². The maximum Gasteiger partial charge on any atom is 0.310 e. The molecule has 1 N–H and O–H groups in total. The number of carbonyl (C=O) groups is 2. The molecule has 124 valence electrons. The number of nitrogens with zero attached hydrogens (tertiary/aromatic N) is 1. The van der Waals surface area contributed by atoms with Gasteiger partial charge in [0.25, 0.3) is 5.91 Å². The Kier molecular flexibility index (Phi) is 6.35. The highest BCUT2D eigenvalue weighted by molar-refractivity contribution is 5.98. The molecular formula is C18H24N2O3. The zero-order valence-electron chi connectivity index (χ0n) is 13.8. The topological polar surface area (TPSA) is 58.6 Å². The molecule has 0 unspecified atom stereocenters. The first kappa shape index (κ1) is 17.2. The zero-order chi connectivity index (χ0) is 16.7. The van der Waals surface area contributed by atoms with Gasteiger partial charge in [-0.15, -0.1) is 0 Å². The van der Waals surface area contributed by atoms with Crippen molar-refractivity contribution in [2.75, 3.05) is 19.7 Å². The molecule has 1 aliphatic rings. The summed E-state index contributed by atoms with van der Waals surface area (Å²) >= 11 is 0. The molecule has 1 aromatic rings. The summed E-state index contributed by atoms with van der Waals surface area (Å²) in [5.74, 6) is -0.462. The van der Waals surface area contributed by atoms with E-state index in [1.54, 1.807) is 11.9 Å². The molecule has 0 saturated carbocycles. The highest BCUT2D eigenvalue weighted by Gasteiger charge is 2.26. The van der Waals surface area contributed by atoms with E-state index in [1.165, 1.54) is 5.56 Å².